The molecule has 1 aliphatic carbocycles. The zero-order chi connectivity index (χ0) is 14.2. The lowest BCUT2D eigenvalue weighted by atomic mass is 9.72. The quantitative estimate of drug-likeness (QED) is 0.849. The molecule has 102 valence electrons. The number of fused-ring (bicyclic) bond motifs is 1. The Morgan fingerprint density at radius 1 is 1.47 bits per heavy atom. The second kappa shape index (κ2) is 4.97. The van der Waals surface area contributed by atoms with Crippen LogP contribution in [0.4, 0.5) is 5.00 Å². The van der Waals surface area contributed by atoms with E-state index in [1.165, 1.54) is 23.8 Å². The van der Waals surface area contributed by atoms with Crippen molar-refractivity contribution in [3.05, 3.63) is 16.0 Å². The van der Waals surface area contributed by atoms with Gasteiger partial charge in [0.25, 0.3) is 0 Å². The van der Waals surface area contributed by atoms with Crippen LogP contribution in [-0.2, 0) is 17.6 Å². The minimum atomic E-state index is -0.109. The summed E-state index contributed by atoms with van der Waals surface area (Å²) in [7, 11) is 0. The Labute approximate surface area is 118 Å². The Balaban J connectivity index is 2.36. The minimum absolute atomic E-state index is 0.109. The van der Waals surface area contributed by atoms with Crippen LogP contribution in [0.5, 0.6) is 0 Å². The summed E-state index contributed by atoms with van der Waals surface area (Å²) in [5, 5.41) is 12.9. The zero-order valence-electron chi connectivity index (χ0n) is 12.0. The van der Waals surface area contributed by atoms with Crippen molar-refractivity contribution in [3.8, 4) is 6.07 Å². The van der Waals surface area contributed by atoms with Crippen LogP contribution in [0.3, 0.4) is 0 Å². The lowest BCUT2D eigenvalue weighted by molar-refractivity contribution is -0.114. The number of hydrogen-bond donors (Lipinski definition) is 1. The molecule has 1 unspecified atom stereocenters. The van der Waals surface area contributed by atoms with Crippen LogP contribution in [0.15, 0.2) is 0 Å². The molecule has 2 rings (SSSR count). The first-order chi connectivity index (χ1) is 8.82. The molecule has 0 saturated carbocycles. The molecule has 0 fully saturated rings. The summed E-state index contributed by atoms with van der Waals surface area (Å²) in [6, 6.07) is 2.28. The Kier molecular flexibility index (Phi) is 3.69. The number of rotatable bonds is 1. The van der Waals surface area contributed by atoms with Gasteiger partial charge in [0.05, 0.1) is 5.56 Å². The van der Waals surface area contributed by atoms with Crippen molar-refractivity contribution in [3.63, 3.8) is 0 Å². The molecule has 1 aromatic rings. The van der Waals surface area contributed by atoms with Gasteiger partial charge in [0.2, 0.25) is 5.91 Å². The maximum absolute atomic E-state index is 11.2. The summed E-state index contributed by atoms with van der Waals surface area (Å²) < 4.78 is 0. The van der Waals surface area contributed by atoms with Gasteiger partial charge in [-0.15, -0.1) is 11.3 Å². The molecule has 1 heterocycles. The van der Waals surface area contributed by atoms with E-state index < -0.39 is 0 Å². The summed E-state index contributed by atoms with van der Waals surface area (Å²) in [5.74, 6) is 0.495. The van der Waals surface area contributed by atoms with Crippen LogP contribution < -0.4 is 5.32 Å². The molecule has 0 spiro atoms. The first-order valence-electron chi connectivity index (χ1n) is 6.65. The van der Waals surface area contributed by atoms with Gasteiger partial charge in [-0.3, -0.25) is 4.79 Å². The predicted molar refractivity (Wildman–Crippen MR) is 78.3 cm³/mol. The van der Waals surface area contributed by atoms with Crippen LogP contribution in [-0.4, -0.2) is 5.91 Å². The number of hydrogen-bond acceptors (Lipinski definition) is 3. The van der Waals surface area contributed by atoms with E-state index in [0.29, 0.717) is 11.5 Å². The Hall–Kier alpha value is -1.34. The molecule has 0 aliphatic heterocycles. The molecule has 4 heteroatoms. The molecule has 3 nitrogen and oxygen atoms in total. The number of nitriles is 1. The van der Waals surface area contributed by atoms with Crippen molar-refractivity contribution in [2.45, 2.75) is 47.0 Å². The maximum Gasteiger partial charge on any atom is 0.221 e. The maximum atomic E-state index is 11.2. The topological polar surface area (TPSA) is 52.9 Å². The largest absolute Gasteiger partial charge is 0.317 e. The molecule has 0 saturated heterocycles. The van der Waals surface area contributed by atoms with E-state index in [2.05, 4.69) is 32.2 Å². The fourth-order valence-corrected chi connectivity index (χ4v) is 3.93. The van der Waals surface area contributed by atoms with Crippen molar-refractivity contribution < 1.29 is 4.79 Å². The van der Waals surface area contributed by atoms with Gasteiger partial charge in [-0.2, -0.15) is 5.26 Å². The lowest BCUT2D eigenvalue weighted by Gasteiger charge is -2.33. The van der Waals surface area contributed by atoms with E-state index in [1.54, 1.807) is 11.3 Å². The number of thiophene rings is 1. The van der Waals surface area contributed by atoms with Gasteiger partial charge in [-0.05, 0) is 36.2 Å². The summed E-state index contributed by atoms with van der Waals surface area (Å²) in [5.41, 5.74) is 2.12. The second-order valence-electron chi connectivity index (χ2n) is 6.31. The minimum Gasteiger partial charge on any atom is -0.317 e. The number of aryl methyl sites for hydroxylation is 1. The molecular weight excluding hydrogens is 256 g/mol. The molecular formula is C15H20N2OS. The summed E-state index contributed by atoms with van der Waals surface area (Å²) >= 11 is 1.57. The van der Waals surface area contributed by atoms with Gasteiger partial charge in [-0.1, -0.05) is 20.8 Å². The van der Waals surface area contributed by atoms with E-state index in [-0.39, 0.29) is 11.3 Å². The number of carbonyl (C=O) groups excluding carboxylic acids is 1. The van der Waals surface area contributed by atoms with E-state index in [9.17, 15) is 10.1 Å². The van der Waals surface area contributed by atoms with Crippen molar-refractivity contribution in [1.82, 2.24) is 0 Å². The lowest BCUT2D eigenvalue weighted by Crippen LogP contribution is -2.26. The zero-order valence-corrected chi connectivity index (χ0v) is 12.8. The van der Waals surface area contributed by atoms with Crippen molar-refractivity contribution >= 4 is 22.2 Å². The molecule has 19 heavy (non-hydrogen) atoms. The fourth-order valence-electron chi connectivity index (χ4n) is 2.69. The smallest absolute Gasteiger partial charge is 0.221 e. The normalized spacial score (nSPS) is 18.6. The first-order valence-corrected chi connectivity index (χ1v) is 7.46. The van der Waals surface area contributed by atoms with Gasteiger partial charge in [-0.25, -0.2) is 0 Å². The predicted octanol–water partition coefficient (Wildman–Crippen LogP) is 3.73. The summed E-state index contributed by atoms with van der Waals surface area (Å²) in [6.07, 6.45) is 3.15. The molecule has 1 aliphatic rings. The highest BCUT2D eigenvalue weighted by Crippen LogP contribution is 2.43. The van der Waals surface area contributed by atoms with Crippen molar-refractivity contribution in [1.29, 1.82) is 5.26 Å². The Morgan fingerprint density at radius 2 is 2.16 bits per heavy atom. The third-order valence-electron chi connectivity index (χ3n) is 3.89. The van der Waals surface area contributed by atoms with Crippen molar-refractivity contribution in [2.75, 3.05) is 5.32 Å². The highest BCUT2D eigenvalue weighted by atomic mass is 32.1. The molecule has 1 atom stereocenters. The molecule has 0 bridgehead atoms. The third-order valence-corrected chi connectivity index (χ3v) is 5.09. The summed E-state index contributed by atoms with van der Waals surface area (Å²) in [4.78, 5) is 12.5. The molecule has 1 N–H and O–H groups in total. The number of anilines is 1. The first kappa shape index (κ1) is 14.1. The molecule has 1 aromatic heterocycles. The number of nitrogens with zero attached hydrogens (tertiary/aromatic N) is 1. The second-order valence-corrected chi connectivity index (χ2v) is 7.41. The molecule has 0 aromatic carbocycles. The monoisotopic (exact) mass is 276 g/mol. The summed E-state index contributed by atoms with van der Waals surface area (Å²) in [6.45, 7) is 8.26. The average molecular weight is 276 g/mol. The number of nitrogens with one attached hydrogen (secondary N) is 1. The van der Waals surface area contributed by atoms with Gasteiger partial charge in [0, 0.05) is 11.8 Å². The van der Waals surface area contributed by atoms with Crippen molar-refractivity contribution in [2.24, 2.45) is 11.3 Å². The fraction of sp³-hybridized carbons (Fsp3) is 0.600. The Morgan fingerprint density at radius 3 is 2.68 bits per heavy atom. The number of amides is 1. The van der Waals surface area contributed by atoms with Crippen LogP contribution in [0.25, 0.3) is 0 Å². The highest BCUT2D eigenvalue weighted by molar-refractivity contribution is 7.16. The van der Waals surface area contributed by atoms with Gasteiger partial charge >= 0.3 is 0 Å². The van der Waals surface area contributed by atoms with Gasteiger partial charge in [0.1, 0.15) is 11.1 Å². The van der Waals surface area contributed by atoms with Crippen LogP contribution >= 0.6 is 11.3 Å². The van der Waals surface area contributed by atoms with E-state index >= 15 is 0 Å². The average Bonchev–Trinajstić information content (AvgIpc) is 2.62. The third kappa shape index (κ3) is 2.82. The Bertz CT molecular complexity index is 546. The highest BCUT2D eigenvalue weighted by Gasteiger charge is 2.32. The van der Waals surface area contributed by atoms with Gasteiger partial charge in [0.15, 0.2) is 0 Å². The SMILES string of the molecule is CC(=O)Nc1sc2c(c1C#N)CC(C(C)(C)C)CC2. The van der Waals surface area contributed by atoms with Crippen LogP contribution in [0.2, 0.25) is 0 Å². The van der Waals surface area contributed by atoms with Crippen LogP contribution in [0.1, 0.15) is 50.1 Å². The van der Waals surface area contributed by atoms with Crippen LogP contribution in [0, 0.1) is 22.7 Å². The van der Waals surface area contributed by atoms with E-state index in [4.69, 9.17) is 0 Å². The van der Waals surface area contributed by atoms with E-state index in [1.807, 2.05) is 0 Å². The van der Waals surface area contributed by atoms with Gasteiger partial charge < -0.3 is 5.32 Å². The number of carbonyl (C=O) groups is 1. The standard InChI is InChI=1S/C15H20N2OS/c1-9(18)17-14-12(8-16)11-7-10(15(2,3)4)5-6-13(11)19-14/h10H,5-7H2,1-4H3,(H,17,18). The molecule has 1 amide bonds. The van der Waals surface area contributed by atoms with E-state index in [0.717, 1.165) is 17.8 Å². The molecule has 0 radical (unpaired) electrons.